The van der Waals surface area contributed by atoms with E-state index in [-0.39, 0.29) is 0 Å². The van der Waals surface area contributed by atoms with Crippen LogP contribution in [0.2, 0.25) is 0 Å². The van der Waals surface area contributed by atoms with Crippen LogP contribution in [0.1, 0.15) is 5.69 Å². The molecule has 2 heterocycles. The van der Waals surface area contributed by atoms with Crippen molar-refractivity contribution < 1.29 is 37.9 Å². The van der Waals surface area contributed by atoms with Gasteiger partial charge >= 0.3 is 0 Å². The fourth-order valence-corrected chi connectivity index (χ4v) is 3.55. The Balaban J connectivity index is 1.23. The van der Waals surface area contributed by atoms with E-state index in [0.717, 1.165) is 38.4 Å². The van der Waals surface area contributed by atoms with Crippen molar-refractivity contribution in [3.8, 4) is 0 Å². The van der Waals surface area contributed by atoms with Gasteiger partial charge < -0.3 is 43.2 Å². The lowest BCUT2D eigenvalue weighted by Gasteiger charge is -2.26. The van der Waals surface area contributed by atoms with Gasteiger partial charge in [0, 0.05) is 44.2 Å². The predicted molar refractivity (Wildman–Crippen MR) is 149 cm³/mol. The van der Waals surface area contributed by atoms with Crippen LogP contribution in [0.25, 0.3) is 10.4 Å². The van der Waals surface area contributed by atoms with E-state index in [1.54, 1.807) is 4.68 Å². The maximum atomic E-state index is 8.13. The van der Waals surface area contributed by atoms with Gasteiger partial charge in [-0.05, 0) is 5.53 Å². The molecule has 1 aromatic heterocycles. The monoisotopic (exact) mass is 588 g/mol. The van der Waals surface area contributed by atoms with Crippen molar-refractivity contribution in [3.63, 3.8) is 0 Å². The zero-order valence-corrected chi connectivity index (χ0v) is 24.2. The predicted octanol–water partition coefficient (Wildman–Crippen LogP) is 0.126. The number of hydrogen-bond acceptors (Lipinski definition) is 13. The zero-order valence-electron chi connectivity index (χ0n) is 24.2. The smallest absolute Gasteiger partial charge is 0.108 e. The van der Waals surface area contributed by atoms with Crippen molar-refractivity contribution >= 4 is 0 Å². The van der Waals surface area contributed by atoms with Gasteiger partial charge in [-0.2, -0.15) is 0 Å². The van der Waals surface area contributed by atoms with Gasteiger partial charge in [-0.3, -0.25) is 4.90 Å². The summed E-state index contributed by atoms with van der Waals surface area (Å²) in [5, 5.41) is 15.0. The molecule has 0 aromatic carbocycles. The highest BCUT2D eigenvalue weighted by molar-refractivity contribution is 4.89. The van der Waals surface area contributed by atoms with Crippen molar-refractivity contribution in [3.05, 3.63) is 22.3 Å². The van der Waals surface area contributed by atoms with Crippen LogP contribution in [-0.2, 0) is 51.0 Å². The summed E-state index contributed by atoms with van der Waals surface area (Å²) in [7, 11) is 0. The summed E-state index contributed by atoms with van der Waals surface area (Å²) in [5.41, 5.74) is 8.96. The van der Waals surface area contributed by atoms with Crippen LogP contribution in [0.5, 0.6) is 0 Å². The molecule has 1 aliphatic rings. The number of ether oxygens (including phenoxy) is 8. The van der Waals surface area contributed by atoms with Crippen molar-refractivity contribution in [2.75, 3.05) is 138 Å². The number of nitrogens with one attached hydrogen (secondary N) is 1. The van der Waals surface area contributed by atoms with Crippen LogP contribution in [0.15, 0.2) is 11.3 Å². The molecule has 16 heteroatoms. The third-order valence-electron chi connectivity index (χ3n) is 5.69. The number of piperazine rings is 1. The van der Waals surface area contributed by atoms with Crippen molar-refractivity contribution in [1.82, 2.24) is 25.2 Å². The van der Waals surface area contributed by atoms with Crippen molar-refractivity contribution in [2.45, 2.75) is 13.2 Å². The molecule has 1 fully saturated rings. The highest BCUT2D eigenvalue weighted by Gasteiger charge is 2.09. The Kier molecular flexibility index (Phi) is 23.1. The summed E-state index contributed by atoms with van der Waals surface area (Å²) < 4.78 is 45.5. The average Bonchev–Trinajstić information content (AvgIpc) is 3.45. The van der Waals surface area contributed by atoms with Gasteiger partial charge in [-0.25, -0.2) is 4.68 Å². The first-order valence-electron chi connectivity index (χ1n) is 14.3. The molecule has 1 N–H and O–H groups in total. The largest absolute Gasteiger partial charge is 0.379 e. The minimum atomic E-state index is 0.331. The normalized spacial score (nSPS) is 14.0. The van der Waals surface area contributed by atoms with Crippen LogP contribution < -0.4 is 5.32 Å². The number of azide groups is 1. The summed E-state index contributed by atoms with van der Waals surface area (Å²) in [4.78, 5) is 5.04. The van der Waals surface area contributed by atoms with Crippen LogP contribution in [0.3, 0.4) is 0 Å². The Hall–Kier alpha value is -1.95. The molecule has 2 rings (SSSR count). The van der Waals surface area contributed by atoms with Gasteiger partial charge in [0.05, 0.1) is 118 Å². The van der Waals surface area contributed by atoms with Gasteiger partial charge in [0.1, 0.15) is 5.69 Å². The summed E-state index contributed by atoms with van der Waals surface area (Å²) >= 11 is 0. The molecule has 1 saturated heterocycles. The molecule has 0 bridgehead atoms. The lowest BCUT2D eigenvalue weighted by Crippen LogP contribution is -2.44. The Labute approximate surface area is 242 Å². The van der Waals surface area contributed by atoms with E-state index >= 15 is 0 Å². The first-order valence-corrected chi connectivity index (χ1v) is 14.3. The second-order valence-corrected chi connectivity index (χ2v) is 8.86. The van der Waals surface area contributed by atoms with Crippen molar-refractivity contribution in [2.24, 2.45) is 5.11 Å². The number of rotatable bonds is 29. The molecule has 16 nitrogen and oxygen atoms in total. The topological polar surface area (TPSA) is 169 Å². The van der Waals surface area contributed by atoms with E-state index in [9.17, 15) is 0 Å². The molecule has 0 spiro atoms. The van der Waals surface area contributed by atoms with Crippen molar-refractivity contribution in [1.29, 1.82) is 0 Å². The van der Waals surface area contributed by atoms with Crippen LogP contribution >= 0.6 is 0 Å². The molecule has 1 aromatic rings. The molecule has 0 radical (unpaired) electrons. The maximum absolute atomic E-state index is 8.13. The zero-order chi connectivity index (χ0) is 28.9. The Morgan fingerprint density at radius 3 is 1.71 bits per heavy atom. The standard InChI is InChI=1S/C25H48N8O8/c26-30-28-3-8-34-11-13-36-15-17-38-19-21-40-22-20-39-18-16-37-14-12-35-10-7-33-23-25(29-31-33)24-41-9-6-32-4-1-27-2-5-32/h23,27H,1-22,24H2. The summed E-state index contributed by atoms with van der Waals surface area (Å²) in [5.74, 6) is 0. The molecule has 1 aliphatic heterocycles. The molecular weight excluding hydrogens is 540 g/mol. The minimum absolute atomic E-state index is 0.331. The molecule has 236 valence electrons. The second-order valence-electron chi connectivity index (χ2n) is 8.86. The van der Waals surface area contributed by atoms with Crippen LogP contribution in [0.4, 0.5) is 0 Å². The lowest BCUT2D eigenvalue weighted by molar-refractivity contribution is -0.0205. The minimum Gasteiger partial charge on any atom is -0.379 e. The number of nitrogens with zero attached hydrogens (tertiary/aromatic N) is 7. The van der Waals surface area contributed by atoms with E-state index in [4.69, 9.17) is 43.4 Å². The average molecular weight is 589 g/mol. The molecule has 0 saturated carbocycles. The number of hydrogen-bond donors (Lipinski definition) is 1. The van der Waals surface area contributed by atoms with E-state index in [0.29, 0.717) is 119 Å². The Morgan fingerprint density at radius 1 is 0.683 bits per heavy atom. The summed E-state index contributed by atoms with van der Waals surface area (Å²) in [6.45, 7) is 14.2. The van der Waals surface area contributed by atoms with E-state index < -0.39 is 0 Å². The van der Waals surface area contributed by atoms with E-state index in [1.807, 2.05) is 6.20 Å². The van der Waals surface area contributed by atoms with Gasteiger partial charge in [-0.1, -0.05) is 10.3 Å². The quantitative estimate of drug-likeness (QED) is 0.0582. The molecule has 0 amide bonds. The Morgan fingerprint density at radius 2 is 1.17 bits per heavy atom. The molecule has 0 unspecified atom stereocenters. The van der Waals surface area contributed by atoms with Gasteiger partial charge in [0.15, 0.2) is 0 Å². The summed E-state index contributed by atoms with van der Waals surface area (Å²) in [6.07, 6.45) is 1.90. The van der Waals surface area contributed by atoms with Gasteiger partial charge in [0.2, 0.25) is 0 Å². The fourth-order valence-electron chi connectivity index (χ4n) is 3.55. The SMILES string of the molecule is [N-]=[N+]=NCCOCCOCCOCCOCCOCCOCCOCCn1cc(COCCN2CCNCC2)nn1. The lowest BCUT2D eigenvalue weighted by atomic mass is 10.4. The highest BCUT2D eigenvalue weighted by Crippen LogP contribution is 1.98. The number of aromatic nitrogens is 3. The third kappa shape index (κ3) is 21.4. The molecule has 41 heavy (non-hydrogen) atoms. The van der Waals surface area contributed by atoms with Gasteiger partial charge in [0.25, 0.3) is 0 Å². The first-order chi connectivity index (χ1) is 20.4. The molecule has 0 aliphatic carbocycles. The molecule has 0 atom stereocenters. The third-order valence-corrected chi connectivity index (χ3v) is 5.69. The second kappa shape index (κ2) is 26.9. The van der Waals surface area contributed by atoms with Gasteiger partial charge in [-0.15, -0.1) is 5.10 Å². The highest BCUT2D eigenvalue weighted by atomic mass is 16.6. The first kappa shape index (κ1) is 35.2. The van der Waals surface area contributed by atoms with E-state index in [2.05, 4.69) is 30.6 Å². The Bertz CT molecular complexity index is 766. The van der Waals surface area contributed by atoms with Crippen LogP contribution in [0, 0.1) is 0 Å². The van der Waals surface area contributed by atoms with E-state index in [1.165, 1.54) is 0 Å². The summed E-state index contributed by atoms with van der Waals surface area (Å²) in [6, 6.07) is 0. The van der Waals surface area contributed by atoms with Crippen LogP contribution in [-0.4, -0.2) is 158 Å². The molecular formula is C25H48N8O8. The fraction of sp³-hybridized carbons (Fsp3) is 0.920. The maximum Gasteiger partial charge on any atom is 0.108 e.